The molecule has 0 saturated heterocycles. The van der Waals surface area contributed by atoms with Crippen molar-refractivity contribution in [2.75, 3.05) is 18.9 Å². The van der Waals surface area contributed by atoms with Gasteiger partial charge in [0, 0.05) is 19.1 Å². The SMILES string of the molecule is Cc1nnc(NCCC(C)N(C)Cc2ccccc2)s1. The zero-order valence-electron chi connectivity index (χ0n) is 12.3. The van der Waals surface area contributed by atoms with Crippen LogP contribution in [-0.2, 0) is 6.54 Å². The van der Waals surface area contributed by atoms with Gasteiger partial charge in [0.15, 0.2) is 0 Å². The Kier molecular flexibility index (Phi) is 5.49. The van der Waals surface area contributed by atoms with Crippen LogP contribution in [0.15, 0.2) is 30.3 Å². The molecule has 108 valence electrons. The smallest absolute Gasteiger partial charge is 0.205 e. The van der Waals surface area contributed by atoms with Crippen LogP contribution >= 0.6 is 11.3 Å². The molecule has 0 aliphatic carbocycles. The summed E-state index contributed by atoms with van der Waals surface area (Å²) in [5.41, 5.74) is 1.36. The first-order valence-corrected chi connectivity index (χ1v) is 7.75. The average molecular weight is 290 g/mol. The summed E-state index contributed by atoms with van der Waals surface area (Å²) in [7, 11) is 2.17. The molecule has 0 amide bonds. The second-order valence-electron chi connectivity index (χ2n) is 5.09. The van der Waals surface area contributed by atoms with Gasteiger partial charge in [0.25, 0.3) is 0 Å². The van der Waals surface area contributed by atoms with E-state index in [2.05, 4.69) is 64.7 Å². The van der Waals surface area contributed by atoms with Gasteiger partial charge < -0.3 is 5.32 Å². The van der Waals surface area contributed by atoms with E-state index in [0.29, 0.717) is 6.04 Å². The Hall–Kier alpha value is -1.46. The Bertz CT molecular complexity index is 512. The first-order valence-electron chi connectivity index (χ1n) is 6.93. The number of anilines is 1. The minimum absolute atomic E-state index is 0.525. The molecule has 0 bridgehead atoms. The highest BCUT2D eigenvalue weighted by Crippen LogP contribution is 2.14. The summed E-state index contributed by atoms with van der Waals surface area (Å²) >= 11 is 1.60. The fraction of sp³-hybridized carbons (Fsp3) is 0.467. The normalized spacial score (nSPS) is 12.6. The fourth-order valence-corrected chi connectivity index (χ4v) is 2.62. The van der Waals surface area contributed by atoms with Crippen molar-refractivity contribution in [2.45, 2.75) is 32.9 Å². The van der Waals surface area contributed by atoms with Crippen molar-refractivity contribution in [1.29, 1.82) is 0 Å². The summed E-state index contributed by atoms with van der Waals surface area (Å²) in [4.78, 5) is 2.38. The second kappa shape index (κ2) is 7.36. The van der Waals surface area contributed by atoms with Gasteiger partial charge >= 0.3 is 0 Å². The number of hydrogen-bond acceptors (Lipinski definition) is 5. The molecule has 1 N–H and O–H groups in total. The summed E-state index contributed by atoms with van der Waals surface area (Å²) in [5.74, 6) is 0. The van der Waals surface area contributed by atoms with Gasteiger partial charge in [-0.2, -0.15) is 0 Å². The van der Waals surface area contributed by atoms with E-state index in [-0.39, 0.29) is 0 Å². The fourth-order valence-electron chi connectivity index (χ4n) is 2.00. The van der Waals surface area contributed by atoms with Crippen molar-refractivity contribution in [2.24, 2.45) is 0 Å². The molecule has 0 fully saturated rings. The highest BCUT2D eigenvalue weighted by Gasteiger charge is 2.09. The van der Waals surface area contributed by atoms with E-state index in [1.165, 1.54) is 5.56 Å². The Morgan fingerprint density at radius 3 is 2.65 bits per heavy atom. The summed E-state index contributed by atoms with van der Waals surface area (Å²) in [6.45, 7) is 6.14. The van der Waals surface area contributed by atoms with Gasteiger partial charge in [0.1, 0.15) is 5.01 Å². The lowest BCUT2D eigenvalue weighted by atomic mass is 10.1. The third kappa shape index (κ3) is 4.58. The standard InChI is InChI=1S/C15H22N4S/c1-12(9-10-16-15-18-17-13(2)20-15)19(3)11-14-7-5-4-6-8-14/h4-8,12H,9-11H2,1-3H3,(H,16,18). The van der Waals surface area contributed by atoms with Gasteiger partial charge in [-0.3, -0.25) is 4.90 Å². The Labute approximate surface area is 124 Å². The molecular weight excluding hydrogens is 268 g/mol. The van der Waals surface area contributed by atoms with Crippen molar-refractivity contribution in [1.82, 2.24) is 15.1 Å². The van der Waals surface area contributed by atoms with Gasteiger partial charge in [0.05, 0.1) is 0 Å². The molecule has 5 heteroatoms. The molecule has 4 nitrogen and oxygen atoms in total. The number of aromatic nitrogens is 2. The summed E-state index contributed by atoms with van der Waals surface area (Å²) in [5, 5.41) is 13.3. The van der Waals surface area contributed by atoms with Crippen molar-refractivity contribution < 1.29 is 0 Å². The summed E-state index contributed by atoms with van der Waals surface area (Å²) in [6, 6.07) is 11.1. The van der Waals surface area contributed by atoms with Gasteiger partial charge in [-0.05, 0) is 32.9 Å². The molecule has 0 radical (unpaired) electrons. The maximum Gasteiger partial charge on any atom is 0.205 e. The van der Waals surface area contributed by atoms with Crippen LogP contribution in [0.2, 0.25) is 0 Å². The topological polar surface area (TPSA) is 41.1 Å². The van der Waals surface area contributed by atoms with E-state index in [9.17, 15) is 0 Å². The highest BCUT2D eigenvalue weighted by atomic mass is 32.1. The lowest BCUT2D eigenvalue weighted by molar-refractivity contribution is 0.242. The molecule has 0 spiro atoms. The molecule has 1 heterocycles. The number of benzene rings is 1. The Morgan fingerprint density at radius 1 is 1.25 bits per heavy atom. The van der Waals surface area contributed by atoms with Gasteiger partial charge in [-0.25, -0.2) is 0 Å². The molecule has 0 saturated carbocycles. The second-order valence-corrected chi connectivity index (χ2v) is 6.27. The minimum Gasteiger partial charge on any atom is -0.360 e. The molecule has 1 atom stereocenters. The zero-order valence-corrected chi connectivity index (χ0v) is 13.2. The molecule has 0 aliphatic rings. The monoisotopic (exact) mass is 290 g/mol. The predicted octanol–water partition coefficient (Wildman–Crippen LogP) is 3.17. The number of rotatable bonds is 7. The van der Waals surface area contributed by atoms with E-state index in [1.54, 1.807) is 11.3 Å². The van der Waals surface area contributed by atoms with Crippen molar-refractivity contribution in [3.63, 3.8) is 0 Å². The van der Waals surface area contributed by atoms with E-state index >= 15 is 0 Å². The zero-order chi connectivity index (χ0) is 14.4. The Balaban J connectivity index is 1.72. The maximum atomic E-state index is 4.07. The largest absolute Gasteiger partial charge is 0.360 e. The molecular formula is C15H22N4S. The third-order valence-corrected chi connectivity index (χ3v) is 4.19. The molecule has 1 unspecified atom stereocenters. The molecule has 1 aromatic heterocycles. The predicted molar refractivity (Wildman–Crippen MR) is 85.1 cm³/mol. The lowest BCUT2D eigenvalue weighted by Gasteiger charge is -2.24. The number of aryl methyl sites for hydroxylation is 1. The van der Waals surface area contributed by atoms with Crippen LogP contribution in [0.1, 0.15) is 23.9 Å². The first-order chi connectivity index (χ1) is 9.65. The van der Waals surface area contributed by atoms with E-state index < -0.39 is 0 Å². The van der Waals surface area contributed by atoms with Gasteiger partial charge in [-0.1, -0.05) is 41.7 Å². The summed E-state index contributed by atoms with van der Waals surface area (Å²) in [6.07, 6.45) is 1.09. The summed E-state index contributed by atoms with van der Waals surface area (Å²) < 4.78 is 0. The lowest BCUT2D eigenvalue weighted by Crippen LogP contribution is -2.30. The highest BCUT2D eigenvalue weighted by molar-refractivity contribution is 7.15. The average Bonchev–Trinajstić information content (AvgIpc) is 2.85. The molecule has 20 heavy (non-hydrogen) atoms. The molecule has 0 aliphatic heterocycles. The molecule has 2 rings (SSSR count). The van der Waals surface area contributed by atoms with Crippen LogP contribution in [-0.4, -0.2) is 34.7 Å². The quantitative estimate of drug-likeness (QED) is 0.850. The van der Waals surface area contributed by atoms with Gasteiger partial charge in [-0.15, -0.1) is 10.2 Å². The maximum absolute atomic E-state index is 4.07. The number of nitrogens with one attached hydrogen (secondary N) is 1. The van der Waals surface area contributed by atoms with Crippen LogP contribution in [0.5, 0.6) is 0 Å². The van der Waals surface area contributed by atoms with Crippen LogP contribution < -0.4 is 5.32 Å². The number of hydrogen-bond donors (Lipinski definition) is 1. The molecule has 2 aromatic rings. The van der Waals surface area contributed by atoms with Crippen molar-refractivity contribution in [3.8, 4) is 0 Å². The van der Waals surface area contributed by atoms with Crippen molar-refractivity contribution in [3.05, 3.63) is 40.9 Å². The van der Waals surface area contributed by atoms with E-state index in [4.69, 9.17) is 0 Å². The molecule has 1 aromatic carbocycles. The third-order valence-electron chi connectivity index (χ3n) is 3.39. The van der Waals surface area contributed by atoms with Crippen LogP contribution in [0.4, 0.5) is 5.13 Å². The van der Waals surface area contributed by atoms with Crippen LogP contribution in [0.3, 0.4) is 0 Å². The van der Waals surface area contributed by atoms with Gasteiger partial charge in [0.2, 0.25) is 5.13 Å². The van der Waals surface area contributed by atoms with E-state index in [0.717, 1.165) is 29.6 Å². The van der Waals surface area contributed by atoms with Crippen LogP contribution in [0.25, 0.3) is 0 Å². The first kappa shape index (κ1) is 14.9. The number of nitrogens with zero attached hydrogens (tertiary/aromatic N) is 3. The van der Waals surface area contributed by atoms with Crippen LogP contribution in [0, 0.1) is 6.92 Å². The minimum atomic E-state index is 0.525. The Morgan fingerprint density at radius 2 is 2.00 bits per heavy atom. The van der Waals surface area contributed by atoms with Crippen molar-refractivity contribution >= 4 is 16.5 Å². The van der Waals surface area contributed by atoms with E-state index in [1.807, 2.05) is 6.92 Å².